The van der Waals surface area contributed by atoms with Crippen molar-refractivity contribution < 1.29 is 14.5 Å². The van der Waals surface area contributed by atoms with Gasteiger partial charge in [0, 0.05) is 0 Å². The molecule has 0 aromatic heterocycles. The fourth-order valence-electron chi connectivity index (χ4n) is 2.49. The van der Waals surface area contributed by atoms with Gasteiger partial charge in [-0.1, -0.05) is 48.5 Å². The summed E-state index contributed by atoms with van der Waals surface area (Å²) in [5, 5.41) is 9.72. The van der Waals surface area contributed by atoms with Crippen molar-refractivity contribution in [2.24, 2.45) is 0 Å². The van der Waals surface area contributed by atoms with E-state index in [4.69, 9.17) is 14.5 Å². The van der Waals surface area contributed by atoms with Gasteiger partial charge >= 0.3 is 0 Å². The molecule has 1 unspecified atom stereocenters. The Morgan fingerprint density at radius 2 is 1.80 bits per heavy atom. The zero-order valence-electron chi connectivity index (χ0n) is 14.5. The van der Waals surface area contributed by atoms with Crippen LogP contribution >= 0.6 is 0 Å². The smallest absolute Gasteiger partial charge is 0.119 e. The summed E-state index contributed by atoms with van der Waals surface area (Å²) in [5.74, 6) is 0.753. The molecule has 130 valence electrons. The van der Waals surface area contributed by atoms with Crippen LogP contribution in [0.15, 0.2) is 67.3 Å². The third kappa shape index (κ3) is 5.18. The van der Waals surface area contributed by atoms with E-state index in [0.29, 0.717) is 19.6 Å². The molecule has 0 aliphatic carbocycles. The van der Waals surface area contributed by atoms with E-state index in [1.54, 1.807) is 6.08 Å². The molecule has 25 heavy (non-hydrogen) atoms. The predicted octanol–water partition coefficient (Wildman–Crippen LogP) is 4.57. The number of ether oxygens (including phenoxy) is 1. The van der Waals surface area contributed by atoms with Crippen LogP contribution in [0, 0.1) is 11.3 Å². The number of nitrogens with zero attached hydrogens (tertiary/aromatic N) is 1. The summed E-state index contributed by atoms with van der Waals surface area (Å²) in [6, 6.07) is 19.9. The summed E-state index contributed by atoms with van der Waals surface area (Å²) in [7, 11) is 0. The lowest BCUT2D eigenvalue weighted by molar-refractivity contribution is -0.297. The van der Waals surface area contributed by atoms with Gasteiger partial charge in [0.15, 0.2) is 0 Å². The molecular weight excluding hydrogens is 314 g/mol. The second-order valence-corrected chi connectivity index (χ2v) is 5.65. The van der Waals surface area contributed by atoms with Crippen LogP contribution in [0.1, 0.15) is 24.5 Å². The van der Waals surface area contributed by atoms with Crippen LogP contribution in [-0.4, -0.2) is 13.2 Å². The molecule has 4 nitrogen and oxygen atoms in total. The van der Waals surface area contributed by atoms with Crippen LogP contribution in [0.2, 0.25) is 0 Å². The molecule has 0 amide bonds. The number of hydrogen-bond acceptors (Lipinski definition) is 4. The molecule has 0 bridgehead atoms. The third-order valence-electron chi connectivity index (χ3n) is 3.87. The molecule has 2 rings (SSSR count). The van der Waals surface area contributed by atoms with Gasteiger partial charge in [0.05, 0.1) is 12.7 Å². The molecule has 0 saturated heterocycles. The Morgan fingerprint density at radius 3 is 2.40 bits per heavy atom. The maximum Gasteiger partial charge on any atom is 0.119 e. The standard InChI is InChI=1S/C21H23NO3/c1-3-14-21(16-22,17-25-24-4-2)19-10-12-20(13-11-19)23-15-18-8-6-5-7-9-18/h3,5-13H,1,4,14-15,17H2,2H3. The summed E-state index contributed by atoms with van der Waals surface area (Å²) < 4.78 is 5.79. The molecule has 0 aliphatic heterocycles. The van der Waals surface area contributed by atoms with Crippen LogP contribution in [0.4, 0.5) is 0 Å². The molecule has 0 spiro atoms. The number of benzene rings is 2. The van der Waals surface area contributed by atoms with Crippen LogP contribution in [0.3, 0.4) is 0 Å². The molecule has 0 aliphatic rings. The number of rotatable bonds is 10. The van der Waals surface area contributed by atoms with Gasteiger partial charge in [0.25, 0.3) is 0 Å². The first-order chi connectivity index (χ1) is 12.2. The SMILES string of the molecule is C=CCC(C#N)(COOCC)c1ccc(OCc2ccccc2)cc1. The van der Waals surface area contributed by atoms with Crippen molar-refractivity contribution in [1.82, 2.24) is 0 Å². The Morgan fingerprint density at radius 1 is 1.08 bits per heavy atom. The summed E-state index contributed by atoms with van der Waals surface area (Å²) in [5.41, 5.74) is 1.13. The van der Waals surface area contributed by atoms with E-state index in [2.05, 4.69) is 12.6 Å². The Kier molecular flexibility index (Phi) is 7.21. The number of nitriles is 1. The van der Waals surface area contributed by atoms with E-state index in [9.17, 15) is 5.26 Å². The molecule has 2 aromatic rings. The Bertz CT molecular complexity index is 691. The van der Waals surface area contributed by atoms with Gasteiger partial charge in [0.2, 0.25) is 0 Å². The van der Waals surface area contributed by atoms with E-state index in [0.717, 1.165) is 16.9 Å². The zero-order chi connectivity index (χ0) is 18.0. The van der Waals surface area contributed by atoms with E-state index < -0.39 is 5.41 Å². The molecular formula is C21H23NO3. The molecule has 0 N–H and O–H groups in total. The molecule has 0 fully saturated rings. The highest BCUT2D eigenvalue weighted by atomic mass is 17.2. The Labute approximate surface area is 149 Å². The molecule has 2 aromatic carbocycles. The third-order valence-corrected chi connectivity index (χ3v) is 3.87. The van der Waals surface area contributed by atoms with Gasteiger partial charge in [-0.25, -0.2) is 9.78 Å². The van der Waals surface area contributed by atoms with Crippen LogP contribution in [-0.2, 0) is 21.8 Å². The van der Waals surface area contributed by atoms with Crippen molar-refractivity contribution in [1.29, 1.82) is 5.26 Å². The normalized spacial score (nSPS) is 12.8. The maximum atomic E-state index is 9.72. The van der Waals surface area contributed by atoms with Gasteiger partial charge < -0.3 is 4.74 Å². The fraction of sp³-hybridized carbons (Fsp3) is 0.286. The predicted molar refractivity (Wildman–Crippen MR) is 96.9 cm³/mol. The minimum atomic E-state index is -0.825. The van der Waals surface area contributed by atoms with Crippen molar-refractivity contribution in [2.45, 2.75) is 25.4 Å². The minimum Gasteiger partial charge on any atom is -0.489 e. The lowest BCUT2D eigenvalue weighted by Crippen LogP contribution is -2.30. The van der Waals surface area contributed by atoms with Gasteiger partial charge in [-0.05, 0) is 36.6 Å². The first-order valence-corrected chi connectivity index (χ1v) is 8.28. The fourth-order valence-corrected chi connectivity index (χ4v) is 2.49. The Balaban J connectivity index is 2.09. The summed E-state index contributed by atoms with van der Waals surface area (Å²) in [6.07, 6.45) is 2.19. The van der Waals surface area contributed by atoms with Crippen molar-refractivity contribution in [3.63, 3.8) is 0 Å². The summed E-state index contributed by atoms with van der Waals surface area (Å²) in [4.78, 5) is 10.1. The number of allylic oxidation sites excluding steroid dienone is 1. The molecule has 0 heterocycles. The molecule has 4 heteroatoms. The van der Waals surface area contributed by atoms with Crippen molar-refractivity contribution in [3.8, 4) is 11.8 Å². The summed E-state index contributed by atoms with van der Waals surface area (Å²) >= 11 is 0. The van der Waals surface area contributed by atoms with E-state index in [1.165, 1.54) is 0 Å². The monoisotopic (exact) mass is 337 g/mol. The molecule has 0 radical (unpaired) electrons. The second-order valence-electron chi connectivity index (χ2n) is 5.65. The maximum absolute atomic E-state index is 9.72. The zero-order valence-corrected chi connectivity index (χ0v) is 14.5. The molecule has 1 atom stereocenters. The minimum absolute atomic E-state index is 0.146. The lowest BCUT2D eigenvalue weighted by Gasteiger charge is -2.25. The second kappa shape index (κ2) is 9.63. The highest BCUT2D eigenvalue weighted by Gasteiger charge is 2.32. The first kappa shape index (κ1) is 18.7. The Hall–Kier alpha value is -2.61. The van der Waals surface area contributed by atoms with Gasteiger partial charge in [0.1, 0.15) is 24.4 Å². The van der Waals surface area contributed by atoms with Gasteiger partial charge in [-0.2, -0.15) is 5.26 Å². The van der Waals surface area contributed by atoms with E-state index in [-0.39, 0.29) is 6.61 Å². The van der Waals surface area contributed by atoms with Crippen molar-refractivity contribution >= 4 is 0 Å². The topological polar surface area (TPSA) is 51.5 Å². The average Bonchev–Trinajstić information content (AvgIpc) is 2.67. The van der Waals surface area contributed by atoms with Crippen LogP contribution in [0.5, 0.6) is 5.75 Å². The quantitative estimate of drug-likeness (QED) is 0.276. The van der Waals surface area contributed by atoms with Crippen molar-refractivity contribution in [2.75, 3.05) is 13.2 Å². The first-order valence-electron chi connectivity index (χ1n) is 8.28. The largest absolute Gasteiger partial charge is 0.489 e. The highest BCUT2D eigenvalue weighted by Crippen LogP contribution is 2.30. The lowest BCUT2D eigenvalue weighted by atomic mass is 9.80. The average molecular weight is 337 g/mol. The van der Waals surface area contributed by atoms with E-state index in [1.807, 2.05) is 61.5 Å². The molecule has 0 saturated carbocycles. The van der Waals surface area contributed by atoms with Crippen LogP contribution in [0.25, 0.3) is 0 Å². The van der Waals surface area contributed by atoms with Gasteiger partial charge in [-0.3, -0.25) is 0 Å². The van der Waals surface area contributed by atoms with Gasteiger partial charge in [-0.15, -0.1) is 6.58 Å². The van der Waals surface area contributed by atoms with Crippen molar-refractivity contribution in [3.05, 3.63) is 78.4 Å². The number of hydrogen-bond donors (Lipinski definition) is 0. The summed E-state index contributed by atoms with van der Waals surface area (Å²) in [6.45, 7) is 6.67. The van der Waals surface area contributed by atoms with E-state index >= 15 is 0 Å². The van der Waals surface area contributed by atoms with Crippen LogP contribution < -0.4 is 4.74 Å². The highest BCUT2D eigenvalue weighted by molar-refractivity contribution is 5.38.